The number of benzene rings is 1. The first-order valence-electron chi connectivity index (χ1n) is 7.46. The second-order valence-electron chi connectivity index (χ2n) is 5.57. The summed E-state index contributed by atoms with van der Waals surface area (Å²) in [5.74, 6) is 1.71. The van der Waals surface area contributed by atoms with Crippen molar-refractivity contribution < 1.29 is 9.47 Å². The van der Waals surface area contributed by atoms with Crippen LogP contribution in [0.15, 0.2) is 30.4 Å². The Morgan fingerprint density at radius 3 is 2.39 bits per heavy atom. The van der Waals surface area contributed by atoms with Crippen LogP contribution in [0, 0.1) is 0 Å². The Morgan fingerprint density at radius 2 is 1.87 bits per heavy atom. The summed E-state index contributed by atoms with van der Waals surface area (Å²) in [4.78, 5) is 2.51. The summed E-state index contributed by atoms with van der Waals surface area (Å²) in [6.07, 6.45) is 0.947. The molecule has 6 heteroatoms. The summed E-state index contributed by atoms with van der Waals surface area (Å²) in [5, 5.41) is 3.41. The van der Waals surface area contributed by atoms with E-state index in [0.717, 1.165) is 44.1 Å². The van der Waals surface area contributed by atoms with E-state index in [0.29, 0.717) is 6.04 Å². The summed E-state index contributed by atoms with van der Waals surface area (Å²) in [7, 11) is 3.39. The maximum atomic E-state index is 5.59. The van der Waals surface area contributed by atoms with E-state index in [-0.39, 0.29) is 24.8 Å². The van der Waals surface area contributed by atoms with Crippen LogP contribution in [0.25, 0.3) is 0 Å². The predicted molar refractivity (Wildman–Crippen MR) is 101 cm³/mol. The van der Waals surface area contributed by atoms with Crippen molar-refractivity contribution in [3.63, 3.8) is 0 Å². The van der Waals surface area contributed by atoms with Crippen LogP contribution in [0.2, 0.25) is 0 Å². The summed E-state index contributed by atoms with van der Waals surface area (Å²) < 4.78 is 10.9. The molecule has 1 aliphatic rings. The fourth-order valence-electron chi connectivity index (χ4n) is 2.85. The Labute approximate surface area is 152 Å². The van der Waals surface area contributed by atoms with Gasteiger partial charge in [0.2, 0.25) is 0 Å². The van der Waals surface area contributed by atoms with E-state index in [2.05, 4.69) is 29.8 Å². The van der Waals surface area contributed by atoms with E-state index in [1.54, 1.807) is 14.2 Å². The fraction of sp³-hybridized carbons (Fsp3) is 0.529. The first kappa shape index (κ1) is 22.1. The number of piperazine rings is 1. The highest BCUT2D eigenvalue weighted by atomic mass is 35.5. The number of nitrogens with zero attached hydrogens (tertiary/aromatic N) is 1. The SMILES string of the molecule is C=C(C)C[C@H](c1ccc(OC)cc1OC)N1CCNCC1.Cl.Cl. The Kier molecular flexibility index (Phi) is 10.3. The first-order valence-corrected chi connectivity index (χ1v) is 7.46. The lowest BCUT2D eigenvalue weighted by atomic mass is 9.97. The van der Waals surface area contributed by atoms with Crippen LogP contribution < -0.4 is 14.8 Å². The van der Waals surface area contributed by atoms with Crippen LogP contribution in [0.3, 0.4) is 0 Å². The standard InChI is InChI=1S/C17H26N2O2.2ClH/c1-13(2)11-16(19-9-7-18-8-10-19)15-6-5-14(20-3)12-17(15)21-4;;/h5-6,12,16,18H,1,7-11H2,2-4H3;2*1H/t16-;;/m1../s1. The van der Waals surface area contributed by atoms with Crippen LogP contribution in [-0.2, 0) is 0 Å². The minimum atomic E-state index is 0. The molecule has 0 aliphatic carbocycles. The summed E-state index contributed by atoms with van der Waals surface area (Å²) in [6.45, 7) is 10.3. The van der Waals surface area contributed by atoms with E-state index in [1.807, 2.05) is 12.1 Å². The number of methoxy groups -OCH3 is 2. The van der Waals surface area contributed by atoms with Crippen molar-refractivity contribution in [3.8, 4) is 11.5 Å². The minimum absolute atomic E-state index is 0. The van der Waals surface area contributed by atoms with Crippen molar-refractivity contribution in [2.45, 2.75) is 19.4 Å². The molecular formula is C17H28Cl2N2O2. The van der Waals surface area contributed by atoms with Gasteiger partial charge in [-0.05, 0) is 19.4 Å². The van der Waals surface area contributed by atoms with Gasteiger partial charge in [0.15, 0.2) is 0 Å². The molecular weight excluding hydrogens is 335 g/mol. The maximum Gasteiger partial charge on any atom is 0.127 e. The molecule has 2 rings (SSSR count). The topological polar surface area (TPSA) is 33.7 Å². The van der Waals surface area contributed by atoms with Gasteiger partial charge >= 0.3 is 0 Å². The normalized spacial score (nSPS) is 15.8. The van der Waals surface area contributed by atoms with E-state index >= 15 is 0 Å². The van der Waals surface area contributed by atoms with Gasteiger partial charge in [-0.2, -0.15) is 0 Å². The number of hydrogen-bond donors (Lipinski definition) is 1. The van der Waals surface area contributed by atoms with Crippen LogP contribution >= 0.6 is 24.8 Å². The average molecular weight is 363 g/mol. The second kappa shape index (κ2) is 10.8. The Balaban J connectivity index is 0.00000242. The molecule has 1 fully saturated rings. The number of hydrogen-bond acceptors (Lipinski definition) is 4. The zero-order valence-electron chi connectivity index (χ0n) is 14.1. The molecule has 23 heavy (non-hydrogen) atoms. The Bertz CT molecular complexity index is 491. The molecule has 4 nitrogen and oxygen atoms in total. The van der Waals surface area contributed by atoms with Gasteiger partial charge in [0.1, 0.15) is 11.5 Å². The molecule has 1 atom stereocenters. The minimum Gasteiger partial charge on any atom is -0.497 e. The van der Waals surface area contributed by atoms with Crippen LogP contribution in [-0.4, -0.2) is 45.3 Å². The van der Waals surface area contributed by atoms with Gasteiger partial charge in [-0.25, -0.2) is 0 Å². The van der Waals surface area contributed by atoms with E-state index < -0.39 is 0 Å². The van der Waals surface area contributed by atoms with E-state index in [1.165, 1.54) is 11.1 Å². The van der Waals surface area contributed by atoms with Crippen molar-refractivity contribution in [3.05, 3.63) is 35.9 Å². The molecule has 0 radical (unpaired) electrons. The highest BCUT2D eigenvalue weighted by Crippen LogP contribution is 2.36. The largest absolute Gasteiger partial charge is 0.497 e. The lowest BCUT2D eigenvalue weighted by Gasteiger charge is -2.36. The third kappa shape index (κ3) is 5.88. The molecule has 1 aliphatic heterocycles. The summed E-state index contributed by atoms with van der Waals surface area (Å²) >= 11 is 0. The average Bonchev–Trinajstić information content (AvgIpc) is 2.52. The molecule has 1 heterocycles. The van der Waals surface area contributed by atoms with Gasteiger partial charge in [0, 0.05) is 43.9 Å². The monoisotopic (exact) mass is 362 g/mol. The third-order valence-corrected chi connectivity index (χ3v) is 3.93. The van der Waals surface area contributed by atoms with Crippen molar-refractivity contribution >= 4 is 24.8 Å². The summed E-state index contributed by atoms with van der Waals surface area (Å²) in [6, 6.07) is 6.40. The third-order valence-electron chi connectivity index (χ3n) is 3.93. The Morgan fingerprint density at radius 1 is 1.22 bits per heavy atom. The predicted octanol–water partition coefficient (Wildman–Crippen LogP) is 3.46. The van der Waals surface area contributed by atoms with Gasteiger partial charge in [0.05, 0.1) is 14.2 Å². The Hall–Kier alpha value is -0.940. The van der Waals surface area contributed by atoms with E-state index in [9.17, 15) is 0 Å². The van der Waals surface area contributed by atoms with Crippen molar-refractivity contribution in [2.24, 2.45) is 0 Å². The molecule has 0 amide bonds. The first-order chi connectivity index (χ1) is 10.2. The van der Waals surface area contributed by atoms with Crippen LogP contribution in [0.1, 0.15) is 24.9 Å². The highest BCUT2D eigenvalue weighted by molar-refractivity contribution is 5.85. The number of halogens is 2. The molecule has 0 spiro atoms. The van der Waals surface area contributed by atoms with Crippen LogP contribution in [0.4, 0.5) is 0 Å². The van der Waals surface area contributed by atoms with E-state index in [4.69, 9.17) is 9.47 Å². The molecule has 0 aromatic heterocycles. The van der Waals surface area contributed by atoms with Crippen molar-refractivity contribution in [1.82, 2.24) is 10.2 Å². The molecule has 1 aromatic rings. The van der Waals surface area contributed by atoms with Crippen LogP contribution in [0.5, 0.6) is 11.5 Å². The zero-order chi connectivity index (χ0) is 15.2. The van der Waals surface area contributed by atoms with Gasteiger partial charge in [-0.15, -0.1) is 31.4 Å². The van der Waals surface area contributed by atoms with Gasteiger partial charge in [-0.1, -0.05) is 11.6 Å². The fourth-order valence-corrected chi connectivity index (χ4v) is 2.85. The molecule has 1 saturated heterocycles. The smallest absolute Gasteiger partial charge is 0.127 e. The van der Waals surface area contributed by atoms with Gasteiger partial charge in [0.25, 0.3) is 0 Å². The lowest BCUT2D eigenvalue weighted by Crippen LogP contribution is -2.45. The zero-order valence-corrected chi connectivity index (χ0v) is 15.8. The van der Waals surface area contributed by atoms with Gasteiger partial charge in [-0.3, -0.25) is 4.90 Å². The number of ether oxygens (including phenoxy) is 2. The number of nitrogens with one attached hydrogen (secondary N) is 1. The molecule has 0 unspecified atom stereocenters. The number of rotatable bonds is 6. The van der Waals surface area contributed by atoms with Crippen molar-refractivity contribution in [2.75, 3.05) is 40.4 Å². The van der Waals surface area contributed by atoms with Crippen molar-refractivity contribution in [1.29, 1.82) is 0 Å². The summed E-state index contributed by atoms with van der Waals surface area (Å²) in [5.41, 5.74) is 2.40. The maximum absolute atomic E-state index is 5.59. The molecule has 1 aromatic carbocycles. The molecule has 132 valence electrons. The lowest BCUT2D eigenvalue weighted by molar-refractivity contribution is 0.169. The molecule has 1 N–H and O–H groups in total. The molecule has 0 saturated carbocycles. The van der Waals surface area contributed by atoms with Gasteiger partial charge < -0.3 is 14.8 Å². The molecule has 0 bridgehead atoms. The highest BCUT2D eigenvalue weighted by Gasteiger charge is 2.25. The second-order valence-corrected chi connectivity index (χ2v) is 5.57. The quantitative estimate of drug-likeness (QED) is 0.785.